The zero-order valence-corrected chi connectivity index (χ0v) is 12.4. The molecule has 1 fully saturated rings. The number of hydrogen-bond acceptors (Lipinski definition) is 4. The molecule has 2 amide bonds. The summed E-state index contributed by atoms with van der Waals surface area (Å²) in [6.45, 7) is 3.20. The van der Waals surface area contributed by atoms with Crippen LogP contribution in [-0.2, 0) is 4.79 Å². The summed E-state index contributed by atoms with van der Waals surface area (Å²) in [5.41, 5.74) is 6.43. The van der Waals surface area contributed by atoms with Crippen LogP contribution >= 0.6 is 0 Å². The molecule has 21 heavy (non-hydrogen) atoms. The number of hydrogen-bond donors (Lipinski definition) is 2. The standard InChI is InChI=1S/C15H21N3O3/c1-10(15(20)18-8-3-4-9-18)17-14(19)13-11(16)6-5-7-12(13)21-2/h5-7,10H,3-4,8-9,16H2,1-2H3,(H,17,19). The molecule has 3 N–H and O–H groups in total. The molecule has 1 aromatic carbocycles. The maximum Gasteiger partial charge on any atom is 0.257 e. The quantitative estimate of drug-likeness (QED) is 0.811. The lowest BCUT2D eigenvalue weighted by atomic mass is 10.1. The molecule has 0 radical (unpaired) electrons. The molecule has 0 aromatic heterocycles. The van der Waals surface area contributed by atoms with Crippen molar-refractivity contribution in [2.75, 3.05) is 25.9 Å². The van der Waals surface area contributed by atoms with E-state index in [-0.39, 0.29) is 11.5 Å². The van der Waals surface area contributed by atoms with Crippen molar-refractivity contribution in [3.05, 3.63) is 23.8 Å². The van der Waals surface area contributed by atoms with E-state index in [9.17, 15) is 9.59 Å². The third kappa shape index (κ3) is 3.26. The summed E-state index contributed by atoms with van der Waals surface area (Å²) in [4.78, 5) is 26.3. The van der Waals surface area contributed by atoms with Crippen LogP contribution in [0.4, 0.5) is 5.69 Å². The Hall–Kier alpha value is -2.24. The second-order valence-electron chi connectivity index (χ2n) is 5.15. The van der Waals surface area contributed by atoms with E-state index < -0.39 is 11.9 Å². The predicted octanol–water partition coefficient (Wildman–Crippen LogP) is 1.02. The number of carbonyl (C=O) groups is 2. The first-order chi connectivity index (χ1) is 10.0. The molecule has 1 aliphatic heterocycles. The van der Waals surface area contributed by atoms with Crippen molar-refractivity contribution in [3.63, 3.8) is 0 Å². The third-order valence-corrected chi connectivity index (χ3v) is 3.64. The molecule has 1 unspecified atom stereocenters. The Morgan fingerprint density at radius 2 is 2.00 bits per heavy atom. The molecule has 1 aromatic rings. The monoisotopic (exact) mass is 291 g/mol. The van der Waals surface area contributed by atoms with Gasteiger partial charge in [0, 0.05) is 18.8 Å². The van der Waals surface area contributed by atoms with Gasteiger partial charge in [-0.1, -0.05) is 6.07 Å². The number of methoxy groups -OCH3 is 1. The van der Waals surface area contributed by atoms with Gasteiger partial charge in [0.05, 0.1) is 7.11 Å². The molecule has 1 heterocycles. The number of amides is 2. The van der Waals surface area contributed by atoms with Crippen molar-refractivity contribution in [1.82, 2.24) is 10.2 Å². The molecule has 1 atom stereocenters. The molecular formula is C15H21N3O3. The fourth-order valence-electron chi connectivity index (χ4n) is 2.50. The van der Waals surface area contributed by atoms with Gasteiger partial charge in [0.1, 0.15) is 17.4 Å². The molecular weight excluding hydrogens is 270 g/mol. The average Bonchev–Trinajstić information content (AvgIpc) is 2.99. The first-order valence-electron chi connectivity index (χ1n) is 7.06. The number of nitrogen functional groups attached to an aromatic ring is 1. The lowest BCUT2D eigenvalue weighted by Crippen LogP contribution is -2.46. The van der Waals surface area contributed by atoms with E-state index in [0.29, 0.717) is 11.4 Å². The third-order valence-electron chi connectivity index (χ3n) is 3.64. The number of nitrogens with two attached hydrogens (primary N) is 1. The van der Waals surface area contributed by atoms with Gasteiger partial charge in [-0.25, -0.2) is 0 Å². The fraction of sp³-hybridized carbons (Fsp3) is 0.467. The molecule has 0 spiro atoms. The Balaban J connectivity index is 2.09. The largest absolute Gasteiger partial charge is 0.496 e. The molecule has 6 nitrogen and oxygen atoms in total. The van der Waals surface area contributed by atoms with Gasteiger partial charge in [-0.3, -0.25) is 9.59 Å². The summed E-state index contributed by atoms with van der Waals surface area (Å²) >= 11 is 0. The van der Waals surface area contributed by atoms with E-state index in [0.717, 1.165) is 25.9 Å². The summed E-state index contributed by atoms with van der Waals surface area (Å²) in [5.74, 6) is -0.0624. The van der Waals surface area contributed by atoms with Gasteiger partial charge in [0.25, 0.3) is 5.91 Å². The van der Waals surface area contributed by atoms with Crippen LogP contribution in [0.5, 0.6) is 5.75 Å². The van der Waals surface area contributed by atoms with Crippen molar-refractivity contribution in [2.24, 2.45) is 0 Å². The van der Waals surface area contributed by atoms with Gasteiger partial charge in [-0.2, -0.15) is 0 Å². The van der Waals surface area contributed by atoms with Gasteiger partial charge in [0.2, 0.25) is 5.91 Å². The SMILES string of the molecule is COc1cccc(N)c1C(=O)NC(C)C(=O)N1CCCC1. The second-order valence-corrected chi connectivity index (χ2v) is 5.15. The maximum absolute atomic E-state index is 12.3. The maximum atomic E-state index is 12.3. The molecule has 114 valence electrons. The van der Waals surface area contributed by atoms with Gasteiger partial charge < -0.3 is 20.7 Å². The number of rotatable bonds is 4. The van der Waals surface area contributed by atoms with Crippen molar-refractivity contribution in [3.8, 4) is 5.75 Å². The Kier molecular flexibility index (Phi) is 4.67. The summed E-state index contributed by atoms with van der Waals surface area (Å²) in [6, 6.07) is 4.42. The minimum absolute atomic E-state index is 0.0608. The summed E-state index contributed by atoms with van der Waals surface area (Å²) in [5, 5.41) is 2.70. The number of benzene rings is 1. The zero-order chi connectivity index (χ0) is 15.4. The molecule has 2 rings (SSSR count). The average molecular weight is 291 g/mol. The summed E-state index contributed by atoms with van der Waals surface area (Å²) in [7, 11) is 1.48. The van der Waals surface area contributed by atoms with E-state index in [4.69, 9.17) is 10.5 Å². The lowest BCUT2D eigenvalue weighted by molar-refractivity contribution is -0.131. The van der Waals surface area contributed by atoms with Crippen LogP contribution in [0.1, 0.15) is 30.1 Å². The van der Waals surface area contributed by atoms with Crippen LogP contribution in [0.2, 0.25) is 0 Å². The predicted molar refractivity (Wildman–Crippen MR) is 80.1 cm³/mol. The number of ether oxygens (including phenoxy) is 1. The van der Waals surface area contributed by atoms with Crippen LogP contribution in [0.15, 0.2) is 18.2 Å². The summed E-state index contributed by atoms with van der Waals surface area (Å²) < 4.78 is 5.15. The van der Waals surface area contributed by atoms with Crippen molar-refractivity contribution >= 4 is 17.5 Å². The van der Waals surface area contributed by atoms with E-state index >= 15 is 0 Å². The van der Waals surface area contributed by atoms with E-state index in [1.165, 1.54) is 7.11 Å². The molecule has 1 aliphatic rings. The fourth-order valence-corrected chi connectivity index (χ4v) is 2.50. The zero-order valence-electron chi connectivity index (χ0n) is 12.4. The number of anilines is 1. The Morgan fingerprint density at radius 3 is 2.62 bits per heavy atom. The van der Waals surface area contributed by atoms with Crippen molar-refractivity contribution in [1.29, 1.82) is 0 Å². The van der Waals surface area contributed by atoms with Crippen LogP contribution in [-0.4, -0.2) is 43.0 Å². The van der Waals surface area contributed by atoms with Gasteiger partial charge in [-0.15, -0.1) is 0 Å². The van der Waals surface area contributed by atoms with E-state index in [1.54, 1.807) is 30.0 Å². The van der Waals surface area contributed by atoms with Gasteiger partial charge in [-0.05, 0) is 31.9 Å². The number of nitrogens with zero attached hydrogens (tertiary/aromatic N) is 1. The van der Waals surface area contributed by atoms with Gasteiger partial charge >= 0.3 is 0 Å². The highest BCUT2D eigenvalue weighted by atomic mass is 16.5. The smallest absolute Gasteiger partial charge is 0.257 e. The Labute approximate surface area is 124 Å². The minimum Gasteiger partial charge on any atom is -0.496 e. The minimum atomic E-state index is -0.583. The molecule has 6 heteroatoms. The molecule has 0 aliphatic carbocycles. The molecule has 1 saturated heterocycles. The molecule has 0 bridgehead atoms. The number of likely N-dealkylation sites (tertiary alicyclic amines) is 1. The first kappa shape index (κ1) is 15.2. The van der Waals surface area contributed by atoms with E-state index in [2.05, 4.69) is 5.32 Å². The first-order valence-corrected chi connectivity index (χ1v) is 7.06. The van der Waals surface area contributed by atoms with E-state index in [1.807, 2.05) is 0 Å². The normalized spacial score (nSPS) is 15.6. The van der Waals surface area contributed by atoms with Crippen LogP contribution in [0, 0.1) is 0 Å². The van der Waals surface area contributed by atoms with Crippen LogP contribution < -0.4 is 15.8 Å². The number of carbonyl (C=O) groups excluding carboxylic acids is 2. The summed E-state index contributed by atoms with van der Waals surface area (Å²) in [6.07, 6.45) is 2.04. The van der Waals surface area contributed by atoms with Crippen molar-refractivity contribution < 1.29 is 14.3 Å². The topological polar surface area (TPSA) is 84.7 Å². The second kappa shape index (κ2) is 6.47. The van der Waals surface area contributed by atoms with Gasteiger partial charge in [0.15, 0.2) is 0 Å². The van der Waals surface area contributed by atoms with Crippen LogP contribution in [0.3, 0.4) is 0 Å². The highest BCUT2D eigenvalue weighted by molar-refractivity contribution is 6.03. The Bertz CT molecular complexity index is 539. The highest BCUT2D eigenvalue weighted by Gasteiger charge is 2.26. The van der Waals surface area contributed by atoms with Crippen LogP contribution in [0.25, 0.3) is 0 Å². The number of nitrogens with one attached hydrogen (secondary N) is 1. The highest BCUT2D eigenvalue weighted by Crippen LogP contribution is 2.24. The van der Waals surface area contributed by atoms with Crippen molar-refractivity contribution in [2.45, 2.75) is 25.8 Å². The Morgan fingerprint density at radius 1 is 1.33 bits per heavy atom. The molecule has 0 saturated carbocycles. The lowest BCUT2D eigenvalue weighted by Gasteiger charge is -2.21.